The number of tetrazole rings is 1. The minimum atomic E-state index is -0.482. The van der Waals surface area contributed by atoms with E-state index in [1.807, 2.05) is 49.4 Å². The average molecular weight is 424 g/mol. The van der Waals surface area contributed by atoms with Crippen molar-refractivity contribution in [2.24, 2.45) is 0 Å². The molecule has 2 aromatic heterocycles. The van der Waals surface area contributed by atoms with Crippen LogP contribution in [0.15, 0.2) is 52.0 Å². The first-order valence-electron chi connectivity index (χ1n) is 9.36. The summed E-state index contributed by atoms with van der Waals surface area (Å²) in [7, 11) is 1.61. The Morgan fingerprint density at radius 3 is 2.87 bits per heavy atom. The largest absolute Gasteiger partial charge is 0.494 e. The number of hydrogen-bond donors (Lipinski definition) is 0. The van der Waals surface area contributed by atoms with Crippen LogP contribution >= 0.6 is 11.8 Å². The summed E-state index contributed by atoms with van der Waals surface area (Å²) in [5.74, 6) is 0.817. The number of rotatable bonds is 7. The van der Waals surface area contributed by atoms with Gasteiger partial charge in [0, 0.05) is 16.7 Å². The minimum Gasteiger partial charge on any atom is -0.494 e. The molecule has 0 aliphatic rings. The molecular formula is C21H20N4O4S. The molecule has 0 spiro atoms. The fourth-order valence-corrected chi connectivity index (χ4v) is 4.04. The van der Waals surface area contributed by atoms with E-state index < -0.39 is 5.97 Å². The molecule has 0 N–H and O–H groups in total. The van der Waals surface area contributed by atoms with Crippen LogP contribution in [0.25, 0.3) is 16.7 Å². The van der Waals surface area contributed by atoms with Gasteiger partial charge < -0.3 is 13.9 Å². The van der Waals surface area contributed by atoms with Gasteiger partial charge in [-0.15, -0.1) is 5.10 Å². The molecule has 0 fully saturated rings. The molecule has 154 valence electrons. The first kappa shape index (κ1) is 20.0. The van der Waals surface area contributed by atoms with Gasteiger partial charge in [-0.2, -0.15) is 4.68 Å². The van der Waals surface area contributed by atoms with E-state index in [0.29, 0.717) is 22.2 Å². The number of hydrogen-bond acceptors (Lipinski definition) is 8. The van der Waals surface area contributed by atoms with E-state index in [2.05, 4.69) is 15.5 Å². The standard InChI is InChI=1S/C21H20N4O4S/c1-4-28-20(26)19-15(14-7-5-6-8-17(14)29-19)12-30-21-22-23-24-25(21)16-11-13(2)9-10-18(16)27-3/h5-11H,4,12H2,1-3H3. The maximum absolute atomic E-state index is 12.4. The van der Waals surface area contributed by atoms with Gasteiger partial charge in [-0.1, -0.05) is 36.0 Å². The number of furan rings is 1. The molecule has 0 saturated heterocycles. The Kier molecular flexibility index (Phi) is 5.71. The van der Waals surface area contributed by atoms with Crippen molar-refractivity contribution in [3.05, 3.63) is 59.4 Å². The van der Waals surface area contributed by atoms with Crippen LogP contribution in [0, 0.1) is 6.92 Å². The Morgan fingerprint density at radius 2 is 2.07 bits per heavy atom. The van der Waals surface area contributed by atoms with E-state index in [0.717, 1.165) is 22.2 Å². The summed E-state index contributed by atoms with van der Waals surface area (Å²) >= 11 is 1.40. The maximum atomic E-state index is 12.4. The molecule has 9 heteroatoms. The van der Waals surface area contributed by atoms with Crippen molar-refractivity contribution in [2.45, 2.75) is 24.8 Å². The molecule has 0 aliphatic carbocycles. The quantitative estimate of drug-likeness (QED) is 0.322. The predicted molar refractivity (Wildman–Crippen MR) is 112 cm³/mol. The van der Waals surface area contributed by atoms with Gasteiger partial charge in [0.05, 0.1) is 13.7 Å². The van der Waals surface area contributed by atoms with Gasteiger partial charge in [0.25, 0.3) is 0 Å². The molecule has 2 heterocycles. The average Bonchev–Trinajstić information content (AvgIpc) is 3.37. The lowest BCUT2D eigenvalue weighted by Gasteiger charge is -2.10. The number of methoxy groups -OCH3 is 1. The van der Waals surface area contributed by atoms with Crippen LogP contribution in [0.4, 0.5) is 0 Å². The number of carbonyl (C=O) groups is 1. The molecule has 0 saturated carbocycles. The smallest absolute Gasteiger partial charge is 0.374 e. The second kappa shape index (κ2) is 8.58. The highest BCUT2D eigenvalue weighted by Gasteiger charge is 2.23. The van der Waals surface area contributed by atoms with Crippen LogP contribution in [0.5, 0.6) is 5.75 Å². The zero-order valence-corrected chi connectivity index (χ0v) is 17.6. The molecule has 30 heavy (non-hydrogen) atoms. The van der Waals surface area contributed by atoms with E-state index in [9.17, 15) is 4.79 Å². The first-order valence-corrected chi connectivity index (χ1v) is 10.3. The monoisotopic (exact) mass is 424 g/mol. The number of benzene rings is 2. The topological polar surface area (TPSA) is 92.3 Å². The molecule has 0 aliphatic heterocycles. The van der Waals surface area contributed by atoms with Crippen LogP contribution in [0.3, 0.4) is 0 Å². The van der Waals surface area contributed by atoms with Crippen molar-refractivity contribution in [2.75, 3.05) is 13.7 Å². The van der Waals surface area contributed by atoms with Crippen molar-refractivity contribution in [3.63, 3.8) is 0 Å². The highest BCUT2D eigenvalue weighted by molar-refractivity contribution is 7.98. The van der Waals surface area contributed by atoms with Crippen molar-refractivity contribution in [3.8, 4) is 11.4 Å². The van der Waals surface area contributed by atoms with Crippen LogP contribution in [-0.2, 0) is 10.5 Å². The third kappa shape index (κ3) is 3.76. The van der Waals surface area contributed by atoms with Crippen LogP contribution in [-0.4, -0.2) is 39.9 Å². The molecule has 0 amide bonds. The molecule has 4 aromatic rings. The van der Waals surface area contributed by atoms with E-state index in [1.165, 1.54) is 11.8 Å². The fourth-order valence-electron chi connectivity index (χ4n) is 3.13. The SMILES string of the molecule is CCOC(=O)c1oc2ccccc2c1CSc1nnnn1-c1cc(C)ccc1OC. The summed E-state index contributed by atoms with van der Waals surface area (Å²) < 4.78 is 18.0. The summed E-state index contributed by atoms with van der Waals surface area (Å²) in [5.41, 5.74) is 3.19. The van der Waals surface area contributed by atoms with Crippen LogP contribution < -0.4 is 4.74 Å². The summed E-state index contributed by atoms with van der Waals surface area (Å²) in [6.07, 6.45) is 0. The first-order chi connectivity index (χ1) is 14.6. The predicted octanol–water partition coefficient (Wildman–Crippen LogP) is 4.19. The second-order valence-electron chi connectivity index (χ2n) is 6.46. The van der Waals surface area contributed by atoms with Crippen molar-refractivity contribution in [1.82, 2.24) is 20.2 Å². The number of para-hydroxylation sites is 1. The van der Waals surface area contributed by atoms with Gasteiger partial charge in [-0.05, 0) is 48.0 Å². The summed E-state index contributed by atoms with van der Waals surface area (Å²) in [5, 5.41) is 13.5. The molecule has 4 rings (SSSR count). The Balaban J connectivity index is 1.68. The van der Waals surface area contributed by atoms with Gasteiger partial charge in [-0.3, -0.25) is 0 Å². The lowest BCUT2D eigenvalue weighted by Crippen LogP contribution is -2.06. The fraction of sp³-hybridized carbons (Fsp3) is 0.238. The summed E-state index contributed by atoms with van der Waals surface area (Å²) in [4.78, 5) is 12.4. The minimum absolute atomic E-state index is 0.206. The number of carbonyl (C=O) groups excluding carboxylic acids is 1. The van der Waals surface area contributed by atoms with Crippen molar-refractivity contribution in [1.29, 1.82) is 0 Å². The zero-order chi connectivity index (χ0) is 21.1. The van der Waals surface area contributed by atoms with Gasteiger partial charge in [0.1, 0.15) is 17.0 Å². The van der Waals surface area contributed by atoms with Crippen LogP contribution in [0.1, 0.15) is 28.6 Å². The molecule has 0 radical (unpaired) electrons. The lowest BCUT2D eigenvalue weighted by atomic mass is 10.1. The Labute approximate surface area is 177 Å². The Hall–Kier alpha value is -3.33. The number of aryl methyl sites for hydroxylation is 1. The molecule has 0 unspecified atom stereocenters. The van der Waals surface area contributed by atoms with Crippen molar-refractivity contribution < 1.29 is 18.7 Å². The number of fused-ring (bicyclic) bond motifs is 1. The molecule has 2 aromatic carbocycles. The van der Waals surface area contributed by atoms with Gasteiger partial charge in [0.15, 0.2) is 0 Å². The zero-order valence-electron chi connectivity index (χ0n) is 16.8. The Bertz CT molecular complexity index is 1200. The lowest BCUT2D eigenvalue weighted by molar-refractivity contribution is 0.0491. The highest BCUT2D eigenvalue weighted by atomic mass is 32.2. The maximum Gasteiger partial charge on any atom is 0.374 e. The van der Waals surface area contributed by atoms with Gasteiger partial charge >= 0.3 is 5.97 Å². The summed E-state index contributed by atoms with van der Waals surface area (Å²) in [6.45, 7) is 4.02. The van der Waals surface area contributed by atoms with E-state index >= 15 is 0 Å². The third-order valence-electron chi connectivity index (χ3n) is 4.51. The van der Waals surface area contributed by atoms with Crippen LogP contribution in [0.2, 0.25) is 0 Å². The number of ether oxygens (including phenoxy) is 2. The molecule has 8 nitrogen and oxygen atoms in total. The molecule has 0 atom stereocenters. The van der Waals surface area contributed by atoms with Gasteiger partial charge in [-0.25, -0.2) is 4.79 Å². The Morgan fingerprint density at radius 1 is 1.23 bits per heavy atom. The second-order valence-corrected chi connectivity index (χ2v) is 7.41. The molecular weight excluding hydrogens is 404 g/mol. The van der Waals surface area contributed by atoms with Gasteiger partial charge in [0.2, 0.25) is 10.9 Å². The highest BCUT2D eigenvalue weighted by Crippen LogP contribution is 2.33. The summed E-state index contributed by atoms with van der Waals surface area (Å²) in [6, 6.07) is 13.3. The van der Waals surface area contributed by atoms with Crippen molar-refractivity contribution >= 4 is 28.7 Å². The van der Waals surface area contributed by atoms with E-state index in [4.69, 9.17) is 13.9 Å². The number of esters is 1. The van der Waals surface area contributed by atoms with E-state index in [1.54, 1.807) is 18.7 Å². The number of nitrogens with zero attached hydrogens (tertiary/aromatic N) is 4. The normalized spacial score (nSPS) is 11.0. The molecule has 0 bridgehead atoms. The van der Waals surface area contributed by atoms with E-state index in [-0.39, 0.29) is 12.4 Å². The number of thioether (sulfide) groups is 1. The third-order valence-corrected chi connectivity index (χ3v) is 5.45. The number of aromatic nitrogens is 4.